The van der Waals surface area contributed by atoms with Crippen LogP contribution >= 0.6 is 0 Å². The number of hydrogen-bond donors (Lipinski definition) is 1. The maximum atomic E-state index is 11.9. The average Bonchev–Trinajstić information content (AvgIpc) is 2.35. The van der Waals surface area contributed by atoms with E-state index in [0.29, 0.717) is 30.2 Å². The van der Waals surface area contributed by atoms with Gasteiger partial charge in [-0.2, -0.15) is 0 Å². The van der Waals surface area contributed by atoms with Crippen LogP contribution in [-0.4, -0.2) is 42.9 Å². The third-order valence-electron chi connectivity index (χ3n) is 3.16. The van der Waals surface area contributed by atoms with Crippen molar-refractivity contribution < 1.29 is 14.3 Å². The van der Waals surface area contributed by atoms with Crippen molar-refractivity contribution >= 4 is 17.5 Å². The van der Waals surface area contributed by atoms with Gasteiger partial charge in [-0.15, -0.1) is 0 Å². The Hall–Kier alpha value is -1.82. The van der Waals surface area contributed by atoms with Gasteiger partial charge in [-0.1, -0.05) is 0 Å². The van der Waals surface area contributed by atoms with E-state index in [2.05, 4.69) is 4.98 Å². The quantitative estimate of drug-likeness (QED) is 0.826. The second-order valence-electron chi connectivity index (χ2n) is 5.70. The van der Waals surface area contributed by atoms with E-state index in [-0.39, 0.29) is 11.7 Å². The molecule has 0 aromatic carbocycles. The van der Waals surface area contributed by atoms with Crippen molar-refractivity contribution in [2.75, 3.05) is 30.8 Å². The Kier molecular flexibility index (Phi) is 3.85. The number of nitrogens with zero attached hydrogens (tertiary/aromatic N) is 2. The number of hydrogen-bond acceptors (Lipinski definition) is 6. The van der Waals surface area contributed by atoms with Crippen molar-refractivity contribution in [3.8, 4) is 0 Å². The molecule has 0 saturated carbocycles. The van der Waals surface area contributed by atoms with Gasteiger partial charge in [-0.3, -0.25) is 0 Å². The summed E-state index contributed by atoms with van der Waals surface area (Å²) in [6, 6.07) is 1.60. The van der Waals surface area contributed by atoms with Gasteiger partial charge in [0.2, 0.25) is 0 Å². The Morgan fingerprint density at radius 1 is 1.60 bits per heavy atom. The van der Waals surface area contributed by atoms with Gasteiger partial charge in [0, 0.05) is 13.1 Å². The SMILES string of the molecule is COC(=O)c1cc(N)cnc1N1CC(C)OC(C)(C)C1. The summed E-state index contributed by atoms with van der Waals surface area (Å²) in [7, 11) is 1.35. The van der Waals surface area contributed by atoms with Crippen molar-refractivity contribution in [2.24, 2.45) is 0 Å². The zero-order valence-electron chi connectivity index (χ0n) is 12.3. The van der Waals surface area contributed by atoms with Crippen LogP contribution in [0.2, 0.25) is 0 Å². The van der Waals surface area contributed by atoms with E-state index in [4.69, 9.17) is 15.2 Å². The first-order valence-electron chi connectivity index (χ1n) is 6.59. The summed E-state index contributed by atoms with van der Waals surface area (Å²) in [5.74, 6) is 0.158. The van der Waals surface area contributed by atoms with Gasteiger partial charge in [-0.05, 0) is 26.8 Å². The number of methoxy groups -OCH3 is 1. The van der Waals surface area contributed by atoms with Crippen molar-refractivity contribution in [3.63, 3.8) is 0 Å². The van der Waals surface area contributed by atoms with Crippen molar-refractivity contribution in [1.82, 2.24) is 4.98 Å². The molecular formula is C14H21N3O3. The van der Waals surface area contributed by atoms with Gasteiger partial charge < -0.3 is 20.1 Å². The number of esters is 1. The molecule has 0 bridgehead atoms. The molecule has 1 aliphatic rings. The van der Waals surface area contributed by atoms with E-state index < -0.39 is 5.97 Å². The van der Waals surface area contributed by atoms with Crippen LogP contribution in [0.1, 0.15) is 31.1 Å². The lowest BCUT2D eigenvalue weighted by molar-refractivity contribution is -0.0752. The average molecular weight is 279 g/mol. The summed E-state index contributed by atoms with van der Waals surface area (Å²) in [5, 5.41) is 0. The minimum atomic E-state index is -0.434. The largest absolute Gasteiger partial charge is 0.465 e. The molecule has 1 aromatic rings. The highest BCUT2D eigenvalue weighted by atomic mass is 16.5. The number of morpholine rings is 1. The summed E-state index contributed by atoms with van der Waals surface area (Å²) >= 11 is 0. The third kappa shape index (κ3) is 3.01. The normalized spacial score (nSPS) is 21.6. The van der Waals surface area contributed by atoms with Crippen LogP contribution in [0.25, 0.3) is 0 Å². The van der Waals surface area contributed by atoms with Crippen LogP contribution in [0.3, 0.4) is 0 Å². The van der Waals surface area contributed by atoms with E-state index in [1.54, 1.807) is 12.3 Å². The highest BCUT2D eigenvalue weighted by molar-refractivity contribution is 5.95. The molecule has 1 unspecified atom stereocenters. The second-order valence-corrected chi connectivity index (χ2v) is 5.70. The number of carbonyl (C=O) groups excluding carboxylic acids is 1. The number of ether oxygens (including phenoxy) is 2. The maximum absolute atomic E-state index is 11.9. The van der Waals surface area contributed by atoms with E-state index in [1.807, 2.05) is 25.7 Å². The fraction of sp³-hybridized carbons (Fsp3) is 0.571. The number of aromatic nitrogens is 1. The van der Waals surface area contributed by atoms with Gasteiger partial charge in [0.05, 0.1) is 30.7 Å². The smallest absolute Gasteiger partial charge is 0.341 e. The number of pyridine rings is 1. The van der Waals surface area contributed by atoms with Gasteiger partial charge in [0.25, 0.3) is 0 Å². The molecule has 6 heteroatoms. The lowest BCUT2D eigenvalue weighted by Gasteiger charge is -2.42. The third-order valence-corrected chi connectivity index (χ3v) is 3.16. The first-order chi connectivity index (χ1) is 9.32. The second kappa shape index (κ2) is 5.28. The molecule has 110 valence electrons. The maximum Gasteiger partial charge on any atom is 0.341 e. The summed E-state index contributed by atoms with van der Waals surface area (Å²) in [5.41, 5.74) is 6.25. The Bertz CT molecular complexity index is 516. The van der Waals surface area contributed by atoms with Gasteiger partial charge >= 0.3 is 5.97 Å². The predicted molar refractivity (Wildman–Crippen MR) is 76.8 cm³/mol. The minimum absolute atomic E-state index is 0.0589. The molecule has 2 rings (SSSR count). The fourth-order valence-electron chi connectivity index (χ4n) is 2.60. The topological polar surface area (TPSA) is 77.7 Å². The predicted octanol–water partition coefficient (Wildman–Crippen LogP) is 1.45. The Morgan fingerprint density at radius 3 is 2.90 bits per heavy atom. The summed E-state index contributed by atoms with van der Waals surface area (Å²) in [6.45, 7) is 7.36. The molecule has 0 spiro atoms. The molecule has 1 saturated heterocycles. The van der Waals surface area contributed by atoms with Crippen LogP contribution in [0.15, 0.2) is 12.3 Å². The minimum Gasteiger partial charge on any atom is -0.465 e. The molecule has 1 aliphatic heterocycles. The molecule has 6 nitrogen and oxygen atoms in total. The first kappa shape index (κ1) is 14.6. The lowest BCUT2D eigenvalue weighted by Crippen LogP contribution is -2.52. The molecule has 1 atom stereocenters. The summed E-state index contributed by atoms with van der Waals surface area (Å²) in [6.07, 6.45) is 1.61. The molecule has 0 amide bonds. The zero-order chi connectivity index (χ0) is 14.9. The molecule has 1 fully saturated rings. The van der Waals surface area contributed by atoms with E-state index in [1.165, 1.54) is 7.11 Å². The zero-order valence-corrected chi connectivity index (χ0v) is 12.3. The van der Waals surface area contributed by atoms with Crippen LogP contribution in [0, 0.1) is 0 Å². The van der Waals surface area contributed by atoms with E-state index in [0.717, 1.165) is 0 Å². The molecular weight excluding hydrogens is 258 g/mol. The monoisotopic (exact) mass is 279 g/mol. The van der Waals surface area contributed by atoms with Crippen molar-refractivity contribution in [2.45, 2.75) is 32.5 Å². The Morgan fingerprint density at radius 2 is 2.30 bits per heavy atom. The van der Waals surface area contributed by atoms with E-state index >= 15 is 0 Å². The van der Waals surface area contributed by atoms with Crippen LogP contribution in [0.4, 0.5) is 11.5 Å². The summed E-state index contributed by atoms with van der Waals surface area (Å²) in [4.78, 5) is 18.3. The first-order valence-corrected chi connectivity index (χ1v) is 6.59. The van der Waals surface area contributed by atoms with Crippen molar-refractivity contribution in [3.05, 3.63) is 17.8 Å². The molecule has 2 heterocycles. The molecule has 20 heavy (non-hydrogen) atoms. The summed E-state index contributed by atoms with van der Waals surface area (Å²) < 4.78 is 10.7. The Labute approximate surface area is 118 Å². The number of rotatable bonds is 2. The standard InChI is InChI=1S/C14H21N3O3/c1-9-7-17(8-14(2,3)20-9)12-11(13(18)19-4)5-10(15)6-16-12/h5-6,9H,7-8,15H2,1-4H3. The number of nitrogen functional groups attached to an aromatic ring is 1. The number of anilines is 2. The van der Waals surface area contributed by atoms with Crippen molar-refractivity contribution in [1.29, 1.82) is 0 Å². The van der Waals surface area contributed by atoms with Crippen LogP contribution in [0.5, 0.6) is 0 Å². The van der Waals surface area contributed by atoms with Crippen LogP contribution in [-0.2, 0) is 9.47 Å². The van der Waals surface area contributed by atoms with Gasteiger partial charge in [-0.25, -0.2) is 9.78 Å². The van der Waals surface area contributed by atoms with Gasteiger partial charge in [0.1, 0.15) is 11.4 Å². The number of nitrogens with two attached hydrogens (primary N) is 1. The van der Waals surface area contributed by atoms with Gasteiger partial charge in [0.15, 0.2) is 0 Å². The highest BCUT2D eigenvalue weighted by Crippen LogP contribution is 2.28. The number of carbonyl (C=O) groups is 1. The lowest BCUT2D eigenvalue weighted by atomic mass is 10.0. The Balaban J connectivity index is 2.39. The van der Waals surface area contributed by atoms with E-state index in [9.17, 15) is 4.79 Å². The fourth-order valence-corrected chi connectivity index (χ4v) is 2.60. The van der Waals surface area contributed by atoms with Crippen LogP contribution < -0.4 is 10.6 Å². The molecule has 0 aliphatic carbocycles. The molecule has 0 radical (unpaired) electrons. The molecule has 2 N–H and O–H groups in total. The molecule has 1 aromatic heterocycles. The highest BCUT2D eigenvalue weighted by Gasteiger charge is 2.33.